The number of carbonyl (C=O) groups excluding carboxylic acids is 1. The smallest absolute Gasteiger partial charge is 0.341 e. The summed E-state index contributed by atoms with van der Waals surface area (Å²) in [5.41, 5.74) is 2.80. The van der Waals surface area contributed by atoms with Crippen molar-refractivity contribution >= 4 is 15.8 Å². The normalized spacial score (nSPS) is 10.5. The first-order chi connectivity index (χ1) is 7.32. The molecule has 0 aromatic carbocycles. The Bertz CT molecular complexity index is 411. The van der Waals surface area contributed by atoms with E-state index in [1.165, 1.54) is 6.92 Å². The average molecular weight is 246 g/mol. The van der Waals surface area contributed by atoms with Crippen molar-refractivity contribution in [1.82, 2.24) is 0 Å². The van der Waals surface area contributed by atoms with Crippen LogP contribution >= 0.6 is 0 Å². The Balaban J connectivity index is 5.33. The van der Waals surface area contributed by atoms with E-state index in [0.29, 0.717) is 12.8 Å². The molecule has 0 atom stereocenters. The first kappa shape index (κ1) is 14.9. The maximum absolute atomic E-state index is 11.4. The van der Waals surface area contributed by atoms with E-state index in [1.54, 1.807) is 6.92 Å². The Hall–Kier alpha value is -1.06. The van der Waals surface area contributed by atoms with Gasteiger partial charge in [0, 0.05) is 6.26 Å². The van der Waals surface area contributed by atoms with Crippen LogP contribution in [0.4, 0.5) is 0 Å². The summed E-state index contributed by atoms with van der Waals surface area (Å²) in [4.78, 5) is 11.4. The van der Waals surface area contributed by atoms with Crippen LogP contribution in [0.15, 0.2) is 16.2 Å². The lowest BCUT2D eigenvalue weighted by atomic mass is 10.3. The molecule has 0 fully saturated rings. The van der Waals surface area contributed by atoms with Crippen molar-refractivity contribution in [3.63, 3.8) is 0 Å². The zero-order chi connectivity index (χ0) is 12.8. The number of rotatable bonds is 5. The molecule has 0 aliphatic rings. The first-order valence-corrected chi connectivity index (χ1v) is 7.05. The highest BCUT2D eigenvalue weighted by Gasteiger charge is 2.11. The third kappa shape index (κ3) is 5.14. The molecule has 0 saturated heterocycles. The summed E-state index contributed by atoms with van der Waals surface area (Å²) in [7, 11) is -3.29. The fourth-order valence-corrected chi connectivity index (χ4v) is 1.98. The van der Waals surface area contributed by atoms with E-state index < -0.39 is 15.8 Å². The molecule has 4 nitrogen and oxygen atoms in total. The fourth-order valence-electron chi connectivity index (χ4n) is 1.07. The lowest BCUT2D eigenvalue weighted by Crippen LogP contribution is -2.06. The first-order valence-electron chi connectivity index (χ1n) is 5.16. The van der Waals surface area contributed by atoms with Gasteiger partial charge in [-0.15, -0.1) is 0 Å². The highest BCUT2D eigenvalue weighted by molar-refractivity contribution is 7.94. The topological polar surface area (TPSA) is 60.4 Å². The quantitative estimate of drug-likeness (QED) is 0.422. The van der Waals surface area contributed by atoms with Crippen LogP contribution in [0.25, 0.3) is 0 Å². The molecule has 0 unspecified atom stereocenters. The molecule has 0 rings (SSSR count). The zero-order valence-corrected chi connectivity index (χ0v) is 11.0. The van der Waals surface area contributed by atoms with Crippen LogP contribution in [0, 0.1) is 0 Å². The van der Waals surface area contributed by atoms with Gasteiger partial charge in [-0.1, -0.05) is 19.1 Å². The maximum Gasteiger partial charge on any atom is 0.341 e. The number of esters is 1. The van der Waals surface area contributed by atoms with Gasteiger partial charge in [-0.05, 0) is 20.3 Å². The van der Waals surface area contributed by atoms with Gasteiger partial charge in [0.25, 0.3) is 0 Å². The Morgan fingerprint density at radius 3 is 2.25 bits per heavy atom. The molecule has 0 amide bonds. The highest BCUT2D eigenvalue weighted by atomic mass is 32.2. The van der Waals surface area contributed by atoms with Crippen molar-refractivity contribution in [3.05, 3.63) is 16.2 Å². The Labute approximate surface area is 96.9 Å². The molecular weight excluding hydrogens is 228 g/mol. The second kappa shape index (κ2) is 6.51. The van der Waals surface area contributed by atoms with E-state index in [9.17, 15) is 13.2 Å². The number of ether oxygens (including phenoxy) is 1. The monoisotopic (exact) mass is 246 g/mol. The molecule has 0 aliphatic carbocycles. The van der Waals surface area contributed by atoms with E-state index in [2.05, 4.69) is 5.73 Å². The molecule has 92 valence electrons. The minimum Gasteiger partial charge on any atom is -0.462 e. The molecule has 0 aromatic rings. The molecule has 0 radical (unpaired) electrons. The standard InChI is InChI=1S/C11H18O4S/c1-5-7-10(16(4,13)14)8-9(3)11(12)15-6-2/h5-7H2,1-4H3. The second-order valence-corrected chi connectivity index (χ2v) is 5.45. The van der Waals surface area contributed by atoms with Gasteiger partial charge in [-0.2, -0.15) is 0 Å². The van der Waals surface area contributed by atoms with Gasteiger partial charge >= 0.3 is 5.97 Å². The summed E-state index contributed by atoms with van der Waals surface area (Å²) < 4.78 is 27.5. The summed E-state index contributed by atoms with van der Waals surface area (Å²) in [5, 5.41) is 0. The van der Waals surface area contributed by atoms with Gasteiger partial charge in [-0.25, -0.2) is 13.2 Å². The van der Waals surface area contributed by atoms with Crippen LogP contribution < -0.4 is 0 Å². The Kier molecular flexibility index (Phi) is 6.08. The van der Waals surface area contributed by atoms with E-state index in [4.69, 9.17) is 4.74 Å². The summed E-state index contributed by atoms with van der Waals surface area (Å²) in [6.45, 7) is 5.32. The summed E-state index contributed by atoms with van der Waals surface area (Å²) in [6, 6.07) is 0. The molecule has 0 saturated carbocycles. The molecule has 0 N–H and O–H groups in total. The lowest BCUT2D eigenvalue weighted by molar-refractivity contribution is -0.138. The number of hydrogen-bond donors (Lipinski definition) is 0. The van der Waals surface area contributed by atoms with Gasteiger partial charge in [0.05, 0.1) is 17.1 Å². The van der Waals surface area contributed by atoms with Gasteiger partial charge in [-0.3, -0.25) is 0 Å². The molecule has 16 heavy (non-hydrogen) atoms. The van der Waals surface area contributed by atoms with Crippen molar-refractivity contribution < 1.29 is 17.9 Å². The summed E-state index contributed by atoms with van der Waals surface area (Å²) in [5.74, 6) is -0.528. The molecule has 0 aromatic heterocycles. The second-order valence-electron chi connectivity index (χ2n) is 3.42. The minimum absolute atomic E-state index is 0.153. The number of sulfone groups is 1. The van der Waals surface area contributed by atoms with Crippen molar-refractivity contribution in [1.29, 1.82) is 0 Å². The molecule has 0 heterocycles. The van der Waals surface area contributed by atoms with Crippen molar-refractivity contribution in [2.75, 3.05) is 12.9 Å². The van der Waals surface area contributed by atoms with E-state index in [-0.39, 0.29) is 17.1 Å². The number of hydrogen-bond acceptors (Lipinski definition) is 4. The summed E-state index contributed by atoms with van der Waals surface area (Å²) in [6.07, 6.45) is 2.19. The molecule has 0 aliphatic heterocycles. The maximum atomic E-state index is 11.4. The Morgan fingerprint density at radius 2 is 1.88 bits per heavy atom. The van der Waals surface area contributed by atoms with Gasteiger partial charge < -0.3 is 4.74 Å². The number of carbonyl (C=O) groups is 1. The highest BCUT2D eigenvalue weighted by Crippen LogP contribution is 2.11. The molecule has 5 heteroatoms. The lowest BCUT2D eigenvalue weighted by Gasteiger charge is -2.01. The fraction of sp³-hybridized carbons (Fsp3) is 0.636. The van der Waals surface area contributed by atoms with Crippen LogP contribution in [0.2, 0.25) is 0 Å². The van der Waals surface area contributed by atoms with Crippen molar-refractivity contribution in [2.24, 2.45) is 0 Å². The van der Waals surface area contributed by atoms with Crippen LogP contribution in [0.5, 0.6) is 0 Å². The van der Waals surface area contributed by atoms with Gasteiger partial charge in [0.1, 0.15) is 0 Å². The Morgan fingerprint density at radius 1 is 1.31 bits per heavy atom. The van der Waals surface area contributed by atoms with Crippen LogP contribution in [0.1, 0.15) is 33.6 Å². The van der Waals surface area contributed by atoms with Crippen LogP contribution in [-0.4, -0.2) is 27.2 Å². The third-order valence-electron chi connectivity index (χ3n) is 1.83. The van der Waals surface area contributed by atoms with Crippen molar-refractivity contribution in [2.45, 2.75) is 33.6 Å². The van der Waals surface area contributed by atoms with Crippen molar-refractivity contribution in [3.8, 4) is 0 Å². The molecule has 0 spiro atoms. The minimum atomic E-state index is -3.29. The van der Waals surface area contributed by atoms with Gasteiger partial charge in [0.15, 0.2) is 9.84 Å². The predicted octanol–water partition coefficient (Wildman–Crippen LogP) is 1.82. The molecular formula is C11H18O4S. The average Bonchev–Trinajstić information content (AvgIpc) is 2.15. The molecule has 0 bridgehead atoms. The predicted molar refractivity (Wildman–Crippen MR) is 62.6 cm³/mol. The van der Waals surface area contributed by atoms with E-state index in [0.717, 1.165) is 6.26 Å². The zero-order valence-electron chi connectivity index (χ0n) is 10.2. The summed E-state index contributed by atoms with van der Waals surface area (Å²) >= 11 is 0. The SMILES string of the molecule is CCCC(=C=C(C)C(=O)OCC)S(C)(=O)=O. The van der Waals surface area contributed by atoms with Crippen LogP contribution in [0.3, 0.4) is 0 Å². The van der Waals surface area contributed by atoms with Crippen LogP contribution in [-0.2, 0) is 19.4 Å². The largest absolute Gasteiger partial charge is 0.462 e. The van der Waals surface area contributed by atoms with E-state index >= 15 is 0 Å². The van der Waals surface area contributed by atoms with E-state index in [1.807, 2.05) is 6.92 Å². The van der Waals surface area contributed by atoms with Gasteiger partial charge in [0.2, 0.25) is 0 Å². The third-order valence-corrected chi connectivity index (χ3v) is 3.03.